The summed E-state index contributed by atoms with van der Waals surface area (Å²) >= 11 is 1.63. The highest BCUT2D eigenvalue weighted by Gasteiger charge is 2.24. The van der Waals surface area contributed by atoms with E-state index in [2.05, 4.69) is 15.7 Å². The van der Waals surface area contributed by atoms with E-state index in [-0.39, 0.29) is 17.1 Å². The van der Waals surface area contributed by atoms with Crippen LogP contribution in [0.25, 0.3) is 22.3 Å². The van der Waals surface area contributed by atoms with Crippen molar-refractivity contribution in [1.29, 1.82) is 0 Å². The number of nitrogens with one attached hydrogen (secondary N) is 1. The quantitative estimate of drug-likeness (QED) is 0.546. The maximum Gasteiger partial charge on any atom is 0.332 e. The second kappa shape index (κ2) is 7.42. The smallest absolute Gasteiger partial charge is 0.324 e. The van der Waals surface area contributed by atoms with Crippen molar-refractivity contribution in [3.63, 3.8) is 0 Å². The van der Waals surface area contributed by atoms with Crippen molar-refractivity contribution in [2.24, 2.45) is 14.1 Å². The standard InChI is InChI=1S/C21H21N5O3S/c1-12(19(27)23-16-7-5-14(6-8-16)15-9-10-30-11-15)26-13(2)22-18-17(26)20(28)25(4)21(29)24(18)3/h5-12H,1-4H3,(H,23,27). The Kier molecular flexibility index (Phi) is 4.90. The fourth-order valence-corrected chi connectivity index (χ4v) is 4.20. The van der Waals surface area contributed by atoms with Crippen molar-refractivity contribution < 1.29 is 4.79 Å². The van der Waals surface area contributed by atoms with Crippen molar-refractivity contribution in [2.75, 3.05) is 5.32 Å². The van der Waals surface area contributed by atoms with Gasteiger partial charge in [-0.1, -0.05) is 12.1 Å². The molecule has 0 saturated heterocycles. The second-order valence-electron chi connectivity index (χ2n) is 7.16. The summed E-state index contributed by atoms with van der Waals surface area (Å²) < 4.78 is 3.91. The van der Waals surface area contributed by atoms with Gasteiger partial charge >= 0.3 is 5.69 Å². The van der Waals surface area contributed by atoms with Gasteiger partial charge in [-0.15, -0.1) is 0 Å². The summed E-state index contributed by atoms with van der Waals surface area (Å²) in [6.07, 6.45) is 0. The number of anilines is 1. The molecule has 3 aromatic heterocycles. The molecule has 0 aliphatic heterocycles. The van der Waals surface area contributed by atoms with Gasteiger partial charge in [0.15, 0.2) is 11.2 Å². The van der Waals surface area contributed by atoms with Gasteiger partial charge in [0, 0.05) is 19.8 Å². The van der Waals surface area contributed by atoms with Crippen molar-refractivity contribution in [1.82, 2.24) is 18.7 Å². The van der Waals surface area contributed by atoms with E-state index in [9.17, 15) is 14.4 Å². The maximum absolute atomic E-state index is 12.9. The number of benzene rings is 1. The first-order chi connectivity index (χ1) is 14.3. The molecule has 8 nitrogen and oxygen atoms in total. The molecular weight excluding hydrogens is 402 g/mol. The van der Waals surface area contributed by atoms with Gasteiger partial charge in [-0.25, -0.2) is 9.78 Å². The summed E-state index contributed by atoms with van der Waals surface area (Å²) in [7, 11) is 2.97. The first kappa shape index (κ1) is 19.8. The predicted molar refractivity (Wildman–Crippen MR) is 118 cm³/mol. The van der Waals surface area contributed by atoms with Gasteiger partial charge in [-0.2, -0.15) is 11.3 Å². The molecule has 1 aromatic carbocycles. The van der Waals surface area contributed by atoms with Crippen LogP contribution in [0.15, 0.2) is 50.7 Å². The largest absolute Gasteiger partial charge is 0.332 e. The molecular formula is C21H21N5O3S. The minimum Gasteiger partial charge on any atom is -0.324 e. The zero-order valence-electron chi connectivity index (χ0n) is 17.0. The van der Waals surface area contributed by atoms with Crippen LogP contribution in [-0.4, -0.2) is 24.6 Å². The fourth-order valence-electron chi connectivity index (χ4n) is 3.54. The Balaban J connectivity index is 1.66. The summed E-state index contributed by atoms with van der Waals surface area (Å²) in [6.45, 7) is 3.41. The summed E-state index contributed by atoms with van der Waals surface area (Å²) in [5.74, 6) is 0.204. The third-order valence-electron chi connectivity index (χ3n) is 5.24. The molecule has 0 radical (unpaired) electrons. The van der Waals surface area contributed by atoms with Crippen LogP contribution < -0.4 is 16.6 Å². The summed E-state index contributed by atoms with van der Waals surface area (Å²) in [6, 6.07) is 8.94. The van der Waals surface area contributed by atoms with Crippen LogP contribution in [0.5, 0.6) is 0 Å². The molecule has 0 aliphatic rings. The van der Waals surface area contributed by atoms with Crippen LogP contribution in [0.4, 0.5) is 5.69 Å². The van der Waals surface area contributed by atoms with E-state index in [1.807, 2.05) is 35.7 Å². The zero-order valence-corrected chi connectivity index (χ0v) is 17.9. The number of hydrogen-bond donors (Lipinski definition) is 1. The van der Waals surface area contributed by atoms with E-state index >= 15 is 0 Å². The monoisotopic (exact) mass is 423 g/mol. The average molecular weight is 423 g/mol. The van der Waals surface area contributed by atoms with Crippen LogP contribution in [0, 0.1) is 6.92 Å². The molecule has 1 amide bonds. The molecule has 0 saturated carbocycles. The van der Waals surface area contributed by atoms with E-state index in [1.165, 1.54) is 11.6 Å². The minimum atomic E-state index is -0.697. The molecule has 1 unspecified atom stereocenters. The predicted octanol–water partition coefficient (Wildman–Crippen LogP) is 2.67. The Morgan fingerprint density at radius 1 is 1.07 bits per heavy atom. The molecule has 30 heavy (non-hydrogen) atoms. The van der Waals surface area contributed by atoms with Crippen LogP contribution >= 0.6 is 11.3 Å². The lowest BCUT2D eigenvalue weighted by atomic mass is 10.1. The maximum atomic E-state index is 12.9. The molecule has 0 spiro atoms. The van der Waals surface area contributed by atoms with Crippen molar-refractivity contribution >= 4 is 34.1 Å². The molecule has 0 aliphatic carbocycles. The number of carbonyl (C=O) groups is 1. The highest BCUT2D eigenvalue weighted by molar-refractivity contribution is 7.08. The SMILES string of the molecule is Cc1nc2c(c(=O)n(C)c(=O)n2C)n1C(C)C(=O)Nc1ccc(-c2ccsc2)cc1. The van der Waals surface area contributed by atoms with Gasteiger partial charge in [0.1, 0.15) is 11.9 Å². The molecule has 1 N–H and O–H groups in total. The molecule has 154 valence electrons. The van der Waals surface area contributed by atoms with Crippen LogP contribution in [0.3, 0.4) is 0 Å². The molecule has 0 bridgehead atoms. The molecule has 1 atom stereocenters. The number of fused-ring (bicyclic) bond motifs is 1. The number of aromatic nitrogens is 4. The lowest BCUT2D eigenvalue weighted by Crippen LogP contribution is -2.38. The summed E-state index contributed by atoms with van der Waals surface area (Å²) in [4.78, 5) is 42.2. The average Bonchev–Trinajstić information content (AvgIpc) is 3.39. The van der Waals surface area contributed by atoms with Crippen LogP contribution in [-0.2, 0) is 18.9 Å². The number of imidazole rings is 1. The minimum absolute atomic E-state index is 0.229. The number of hydrogen-bond acceptors (Lipinski definition) is 5. The topological polar surface area (TPSA) is 90.9 Å². The molecule has 0 fully saturated rings. The Labute approximate surface area is 176 Å². The summed E-state index contributed by atoms with van der Waals surface area (Å²) in [5, 5.41) is 6.98. The number of carbonyl (C=O) groups excluding carboxylic acids is 1. The third-order valence-corrected chi connectivity index (χ3v) is 5.92. The van der Waals surface area contributed by atoms with E-state index in [0.29, 0.717) is 11.5 Å². The van der Waals surface area contributed by atoms with E-state index in [1.54, 1.807) is 36.8 Å². The van der Waals surface area contributed by atoms with Gasteiger partial charge in [0.25, 0.3) is 5.56 Å². The number of aryl methyl sites for hydroxylation is 2. The van der Waals surface area contributed by atoms with E-state index < -0.39 is 17.3 Å². The first-order valence-corrected chi connectivity index (χ1v) is 10.3. The summed E-state index contributed by atoms with van der Waals surface area (Å²) in [5.41, 5.74) is 2.42. The lowest BCUT2D eigenvalue weighted by molar-refractivity contribution is -0.118. The molecule has 4 aromatic rings. The van der Waals surface area contributed by atoms with Gasteiger partial charge < -0.3 is 9.88 Å². The van der Waals surface area contributed by atoms with Gasteiger partial charge in [0.05, 0.1) is 0 Å². The highest BCUT2D eigenvalue weighted by atomic mass is 32.1. The van der Waals surface area contributed by atoms with Crippen LogP contribution in [0.1, 0.15) is 18.8 Å². The highest BCUT2D eigenvalue weighted by Crippen LogP contribution is 2.24. The van der Waals surface area contributed by atoms with Crippen molar-refractivity contribution in [2.45, 2.75) is 19.9 Å². The second-order valence-corrected chi connectivity index (χ2v) is 7.94. The molecule has 3 heterocycles. The van der Waals surface area contributed by atoms with E-state index in [4.69, 9.17) is 0 Å². The van der Waals surface area contributed by atoms with Gasteiger partial charge in [-0.3, -0.25) is 18.7 Å². The van der Waals surface area contributed by atoms with Crippen LogP contribution in [0.2, 0.25) is 0 Å². The van der Waals surface area contributed by atoms with Crippen molar-refractivity contribution in [3.05, 3.63) is 67.8 Å². The van der Waals surface area contributed by atoms with Gasteiger partial charge in [-0.05, 0) is 53.9 Å². The molecule has 4 rings (SSSR count). The third kappa shape index (κ3) is 3.17. The van der Waals surface area contributed by atoms with E-state index in [0.717, 1.165) is 15.7 Å². The Hall–Kier alpha value is -3.46. The Bertz CT molecular complexity index is 1360. The first-order valence-electron chi connectivity index (χ1n) is 9.37. The lowest BCUT2D eigenvalue weighted by Gasteiger charge is -2.16. The normalized spacial score (nSPS) is 12.3. The Morgan fingerprint density at radius 3 is 2.40 bits per heavy atom. The van der Waals surface area contributed by atoms with Gasteiger partial charge in [0.2, 0.25) is 5.91 Å². The number of amides is 1. The molecule has 9 heteroatoms. The Morgan fingerprint density at radius 2 is 1.77 bits per heavy atom. The van der Waals surface area contributed by atoms with Crippen molar-refractivity contribution in [3.8, 4) is 11.1 Å². The number of thiophene rings is 1. The number of nitrogens with zero attached hydrogens (tertiary/aromatic N) is 4. The number of rotatable bonds is 4. The fraction of sp³-hybridized carbons (Fsp3) is 0.238. The zero-order chi connectivity index (χ0) is 21.6.